The molecule has 1 fully saturated rings. The van der Waals surface area contributed by atoms with E-state index in [1.165, 1.54) is 18.3 Å². The van der Waals surface area contributed by atoms with Crippen molar-refractivity contribution >= 4 is 6.09 Å². The number of ether oxygens (including phenoxy) is 1. The normalized spacial score (nSPS) is 15.7. The van der Waals surface area contributed by atoms with Gasteiger partial charge in [0.1, 0.15) is 5.82 Å². The summed E-state index contributed by atoms with van der Waals surface area (Å²) in [5.41, 5.74) is -0.0479. The van der Waals surface area contributed by atoms with Gasteiger partial charge in [-0.3, -0.25) is 4.98 Å². The van der Waals surface area contributed by atoms with Crippen molar-refractivity contribution in [1.29, 1.82) is 0 Å². The topological polar surface area (TPSA) is 77.0 Å². The molecule has 0 unspecified atom stereocenters. The fraction of sp³-hybridized carbons (Fsp3) is 0.333. The number of hydrogen-bond donors (Lipinski definition) is 1. The SMILES string of the molecule is O=C(NCC1(c2ncccc2F)CCC1)Oc1cccnn1. The Bertz CT molecular complexity index is 662. The number of pyridine rings is 1. The van der Waals surface area contributed by atoms with Crippen molar-refractivity contribution in [2.24, 2.45) is 0 Å². The van der Waals surface area contributed by atoms with Gasteiger partial charge < -0.3 is 10.1 Å². The molecule has 1 amide bonds. The minimum absolute atomic E-state index is 0.117. The minimum Gasteiger partial charge on any atom is -0.390 e. The molecule has 1 saturated carbocycles. The van der Waals surface area contributed by atoms with E-state index in [-0.39, 0.29) is 18.2 Å². The lowest BCUT2D eigenvalue weighted by molar-refractivity contribution is 0.179. The van der Waals surface area contributed by atoms with E-state index in [0.717, 1.165) is 19.3 Å². The third-order valence-electron chi connectivity index (χ3n) is 3.89. The highest BCUT2D eigenvalue weighted by Gasteiger charge is 2.42. The number of carbonyl (C=O) groups excluding carboxylic acids is 1. The van der Waals surface area contributed by atoms with Crippen LogP contribution >= 0.6 is 0 Å². The molecular weight excluding hydrogens is 287 g/mol. The van der Waals surface area contributed by atoms with Crippen LogP contribution in [0.3, 0.4) is 0 Å². The van der Waals surface area contributed by atoms with Crippen LogP contribution in [0.2, 0.25) is 0 Å². The lowest BCUT2D eigenvalue weighted by Crippen LogP contribution is -2.47. The molecule has 1 aliphatic rings. The number of amides is 1. The van der Waals surface area contributed by atoms with Crippen molar-refractivity contribution in [1.82, 2.24) is 20.5 Å². The second kappa shape index (κ2) is 6.05. The second-order valence-electron chi connectivity index (χ2n) is 5.27. The molecule has 0 radical (unpaired) electrons. The van der Waals surface area contributed by atoms with Crippen LogP contribution in [0.15, 0.2) is 36.7 Å². The van der Waals surface area contributed by atoms with Gasteiger partial charge in [-0.15, -0.1) is 5.10 Å². The van der Waals surface area contributed by atoms with E-state index in [2.05, 4.69) is 20.5 Å². The maximum atomic E-state index is 14.0. The van der Waals surface area contributed by atoms with E-state index in [4.69, 9.17) is 4.74 Å². The van der Waals surface area contributed by atoms with Crippen molar-refractivity contribution < 1.29 is 13.9 Å². The number of halogens is 1. The molecule has 0 bridgehead atoms. The highest BCUT2D eigenvalue weighted by atomic mass is 19.1. The van der Waals surface area contributed by atoms with Crippen LogP contribution in [-0.4, -0.2) is 27.8 Å². The summed E-state index contributed by atoms with van der Waals surface area (Å²) in [6, 6.07) is 6.09. The monoisotopic (exact) mass is 302 g/mol. The molecule has 0 aliphatic heterocycles. The van der Waals surface area contributed by atoms with E-state index in [0.29, 0.717) is 5.69 Å². The number of aromatic nitrogens is 3. The first-order chi connectivity index (χ1) is 10.7. The Labute approximate surface area is 126 Å². The summed E-state index contributed by atoms with van der Waals surface area (Å²) >= 11 is 0. The molecule has 2 aromatic rings. The number of nitrogens with zero attached hydrogens (tertiary/aromatic N) is 3. The Balaban J connectivity index is 1.64. The summed E-state index contributed by atoms with van der Waals surface area (Å²) in [7, 11) is 0. The predicted molar refractivity (Wildman–Crippen MR) is 75.8 cm³/mol. The van der Waals surface area contributed by atoms with Gasteiger partial charge in [0.05, 0.1) is 5.69 Å². The van der Waals surface area contributed by atoms with Crippen LogP contribution in [0, 0.1) is 5.82 Å². The third-order valence-corrected chi connectivity index (χ3v) is 3.89. The molecule has 1 N–H and O–H groups in total. The average molecular weight is 302 g/mol. The summed E-state index contributed by atoms with van der Waals surface area (Å²) in [6.45, 7) is 0.278. The summed E-state index contributed by atoms with van der Waals surface area (Å²) in [5, 5.41) is 9.95. The van der Waals surface area contributed by atoms with Crippen LogP contribution in [0.25, 0.3) is 0 Å². The maximum absolute atomic E-state index is 14.0. The van der Waals surface area contributed by atoms with E-state index in [1.807, 2.05) is 0 Å². The van der Waals surface area contributed by atoms with Gasteiger partial charge in [0, 0.05) is 30.4 Å². The van der Waals surface area contributed by atoms with Gasteiger partial charge >= 0.3 is 6.09 Å². The van der Waals surface area contributed by atoms with E-state index < -0.39 is 11.5 Å². The van der Waals surface area contributed by atoms with Gasteiger partial charge in [-0.05, 0) is 31.0 Å². The lowest BCUT2D eigenvalue weighted by atomic mass is 9.66. The molecule has 6 nitrogen and oxygen atoms in total. The Kier molecular flexibility index (Phi) is 3.95. The zero-order valence-electron chi connectivity index (χ0n) is 11.8. The molecule has 0 spiro atoms. The van der Waals surface area contributed by atoms with E-state index >= 15 is 0 Å². The molecule has 0 saturated heterocycles. The number of rotatable bonds is 4. The quantitative estimate of drug-likeness (QED) is 0.937. The second-order valence-corrected chi connectivity index (χ2v) is 5.27. The number of carbonyl (C=O) groups is 1. The lowest BCUT2D eigenvalue weighted by Gasteiger charge is -2.41. The zero-order valence-corrected chi connectivity index (χ0v) is 11.8. The fourth-order valence-corrected chi connectivity index (χ4v) is 2.59. The van der Waals surface area contributed by atoms with Gasteiger partial charge in [-0.25, -0.2) is 9.18 Å². The van der Waals surface area contributed by atoms with Gasteiger partial charge in [-0.2, -0.15) is 5.10 Å². The van der Waals surface area contributed by atoms with E-state index in [9.17, 15) is 9.18 Å². The molecule has 3 rings (SSSR count). The first kappa shape index (κ1) is 14.4. The molecule has 2 aromatic heterocycles. The van der Waals surface area contributed by atoms with Crippen LogP contribution in [0.1, 0.15) is 25.0 Å². The van der Waals surface area contributed by atoms with Crippen LogP contribution < -0.4 is 10.1 Å². The molecule has 2 heterocycles. The number of hydrogen-bond acceptors (Lipinski definition) is 5. The summed E-state index contributed by atoms with van der Waals surface area (Å²) < 4.78 is 19.0. The fourth-order valence-electron chi connectivity index (χ4n) is 2.59. The van der Waals surface area contributed by atoms with Crippen molar-refractivity contribution in [3.63, 3.8) is 0 Å². The Morgan fingerprint density at radius 3 is 2.77 bits per heavy atom. The third kappa shape index (κ3) is 2.88. The Morgan fingerprint density at radius 1 is 1.32 bits per heavy atom. The maximum Gasteiger partial charge on any atom is 0.414 e. The minimum atomic E-state index is -0.636. The van der Waals surface area contributed by atoms with Crippen LogP contribution in [-0.2, 0) is 5.41 Å². The Morgan fingerprint density at radius 2 is 2.14 bits per heavy atom. The first-order valence-electron chi connectivity index (χ1n) is 7.04. The summed E-state index contributed by atoms with van der Waals surface area (Å²) in [4.78, 5) is 15.9. The van der Waals surface area contributed by atoms with Crippen molar-refractivity contribution in [2.45, 2.75) is 24.7 Å². The van der Waals surface area contributed by atoms with Gasteiger partial charge in [0.25, 0.3) is 0 Å². The molecular formula is C15H15FN4O2. The van der Waals surface area contributed by atoms with Gasteiger partial charge in [-0.1, -0.05) is 6.42 Å². The van der Waals surface area contributed by atoms with Gasteiger partial charge in [0.15, 0.2) is 0 Å². The molecule has 0 aromatic carbocycles. The summed E-state index contributed by atoms with van der Waals surface area (Å²) in [6.07, 6.45) is 4.97. The smallest absolute Gasteiger partial charge is 0.390 e. The largest absolute Gasteiger partial charge is 0.414 e. The van der Waals surface area contributed by atoms with Gasteiger partial charge in [0.2, 0.25) is 5.88 Å². The molecule has 7 heteroatoms. The first-order valence-corrected chi connectivity index (χ1v) is 7.04. The highest BCUT2D eigenvalue weighted by Crippen LogP contribution is 2.43. The summed E-state index contributed by atoms with van der Waals surface area (Å²) in [5.74, 6) is -0.224. The average Bonchev–Trinajstić information content (AvgIpc) is 2.49. The van der Waals surface area contributed by atoms with Crippen molar-refractivity contribution in [3.8, 4) is 5.88 Å². The molecule has 1 aliphatic carbocycles. The van der Waals surface area contributed by atoms with E-state index in [1.54, 1.807) is 18.3 Å². The number of nitrogens with one attached hydrogen (secondary N) is 1. The standard InChI is InChI=1S/C15H15FN4O2/c16-11-4-1-8-17-13(11)15(6-3-7-15)10-18-14(21)22-12-5-2-9-19-20-12/h1-2,4-5,8-9H,3,6-7,10H2,(H,18,21). The Hall–Kier alpha value is -2.57. The van der Waals surface area contributed by atoms with Crippen LogP contribution in [0.5, 0.6) is 5.88 Å². The molecule has 22 heavy (non-hydrogen) atoms. The van der Waals surface area contributed by atoms with Crippen molar-refractivity contribution in [3.05, 3.63) is 48.2 Å². The molecule has 114 valence electrons. The zero-order chi connectivity index (χ0) is 15.4. The highest BCUT2D eigenvalue weighted by molar-refractivity contribution is 5.69. The molecule has 0 atom stereocenters. The van der Waals surface area contributed by atoms with Crippen molar-refractivity contribution in [2.75, 3.05) is 6.54 Å². The van der Waals surface area contributed by atoms with Crippen LogP contribution in [0.4, 0.5) is 9.18 Å². The predicted octanol–water partition coefficient (Wildman–Crippen LogP) is 2.22.